The number of anilines is 3. The third-order valence-electron chi connectivity index (χ3n) is 3.49. The van der Waals surface area contributed by atoms with E-state index in [4.69, 9.17) is 4.74 Å². The topological polar surface area (TPSA) is 97.7 Å². The second kappa shape index (κ2) is 8.26. The molecule has 2 aromatic heterocycles. The van der Waals surface area contributed by atoms with E-state index in [-0.39, 0.29) is 11.9 Å². The average molecular weight is 355 g/mol. The van der Waals surface area contributed by atoms with Crippen LogP contribution in [0.2, 0.25) is 0 Å². The summed E-state index contributed by atoms with van der Waals surface area (Å²) in [6.45, 7) is 2.51. The number of ether oxygens (including phenoxy) is 1. The van der Waals surface area contributed by atoms with Gasteiger partial charge in [0.1, 0.15) is 17.8 Å². The zero-order valence-corrected chi connectivity index (χ0v) is 14.3. The van der Waals surface area contributed by atoms with Crippen molar-refractivity contribution in [2.24, 2.45) is 0 Å². The molecule has 0 radical (unpaired) electrons. The Morgan fingerprint density at radius 2 is 2.00 bits per heavy atom. The van der Waals surface area contributed by atoms with Gasteiger partial charge >= 0.3 is 0 Å². The van der Waals surface area contributed by atoms with Gasteiger partial charge in [-0.15, -0.1) is 0 Å². The van der Waals surface area contributed by atoms with Gasteiger partial charge in [-0.1, -0.05) is 6.07 Å². The minimum Gasteiger partial charge on any atom is -0.380 e. The second-order valence-electron chi connectivity index (χ2n) is 5.46. The van der Waals surface area contributed by atoms with E-state index < -0.39 is 0 Å². The van der Waals surface area contributed by atoms with Crippen molar-refractivity contribution >= 4 is 17.6 Å². The number of methoxy groups -OCH3 is 1. The number of nitrogens with one attached hydrogen (secondary N) is 2. The highest BCUT2D eigenvalue weighted by Crippen LogP contribution is 2.17. The molecule has 0 bridgehead atoms. The number of benzene rings is 1. The van der Waals surface area contributed by atoms with Gasteiger partial charge in [-0.25, -0.2) is 24.3 Å². The van der Waals surface area contributed by atoms with Crippen molar-refractivity contribution in [3.8, 4) is 11.5 Å². The van der Waals surface area contributed by atoms with Gasteiger partial charge in [0.05, 0.1) is 6.10 Å². The molecule has 2 heterocycles. The van der Waals surface area contributed by atoms with Gasteiger partial charge in [0.2, 0.25) is 11.9 Å². The quantitative estimate of drug-likeness (QED) is 0.667. The number of aromatic nitrogens is 5. The zero-order valence-electron chi connectivity index (χ0n) is 14.3. The zero-order chi connectivity index (χ0) is 18.4. The summed E-state index contributed by atoms with van der Waals surface area (Å²) in [5, 5.41) is 6.03. The van der Waals surface area contributed by atoms with Crippen molar-refractivity contribution in [2.75, 3.05) is 24.3 Å². The summed E-state index contributed by atoms with van der Waals surface area (Å²) >= 11 is 0. The molecule has 0 aliphatic rings. The van der Waals surface area contributed by atoms with Crippen LogP contribution in [-0.2, 0) is 4.74 Å². The monoisotopic (exact) mass is 355 g/mol. The Balaban J connectivity index is 1.77. The lowest BCUT2D eigenvalue weighted by Crippen LogP contribution is -2.19. The molecule has 2 N–H and O–H groups in total. The van der Waals surface area contributed by atoms with Crippen LogP contribution >= 0.6 is 0 Å². The van der Waals surface area contributed by atoms with Crippen molar-refractivity contribution in [2.45, 2.75) is 13.0 Å². The summed E-state index contributed by atoms with van der Waals surface area (Å²) in [6, 6.07) is 7.74. The van der Waals surface area contributed by atoms with Gasteiger partial charge in [0.15, 0.2) is 5.82 Å². The van der Waals surface area contributed by atoms with Gasteiger partial charge in [0, 0.05) is 25.5 Å². The molecule has 0 spiro atoms. The lowest BCUT2D eigenvalue weighted by atomic mass is 10.3. The van der Waals surface area contributed by atoms with Gasteiger partial charge in [-0.05, 0) is 31.2 Å². The van der Waals surface area contributed by atoms with Crippen molar-refractivity contribution in [3.05, 3.63) is 48.7 Å². The maximum absolute atomic E-state index is 13.3. The minimum atomic E-state index is -0.346. The van der Waals surface area contributed by atoms with Crippen molar-refractivity contribution < 1.29 is 9.13 Å². The molecule has 0 aliphatic heterocycles. The maximum atomic E-state index is 13.3. The normalized spacial score (nSPS) is 11.8. The molecule has 1 aromatic carbocycles. The number of hydrogen-bond acceptors (Lipinski definition) is 8. The van der Waals surface area contributed by atoms with Gasteiger partial charge in [-0.3, -0.25) is 0 Å². The first kappa shape index (κ1) is 17.6. The molecule has 8 nitrogen and oxygen atoms in total. The summed E-state index contributed by atoms with van der Waals surface area (Å²) in [5.74, 6) is 0.776. The van der Waals surface area contributed by atoms with E-state index in [1.807, 2.05) is 6.92 Å². The van der Waals surface area contributed by atoms with E-state index in [9.17, 15) is 4.39 Å². The summed E-state index contributed by atoms with van der Waals surface area (Å²) in [6.07, 6.45) is 3.01. The van der Waals surface area contributed by atoms with Gasteiger partial charge < -0.3 is 15.4 Å². The highest BCUT2D eigenvalue weighted by atomic mass is 19.1. The molecule has 3 aromatic rings. The first-order chi connectivity index (χ1) is 12.6. The Labute approximate surface area is 149 Å². The van der Waals surface area contributed by atoms with Crippen LogP contribution < -0.4 is 10.6 Å². The van der Waals surface area contributed by atoms with Crippen LogP contribution in [0.1, 0.15) is 6.92 Å². The predicted molar refractivity (Wildman–Crippen MR) is 95.5 cm³/mol. The van der Waals surface area contributed by atoms with Gasteiger partial charge in [0.25, 0.3) is 0 Å². The highest BCUT2D eigenvalue weighted by molar-refractivity contribution is 5.56. The molecule has 134 valence electrons. The SMILES string of the molecule is COC(C)CNc1nccc(-c2ncnc(Nc3cccc(F)c3)n2)n1. The van der Waals surface area contributed by atoms with Crippen molar-refractivity contribution in [1.82, 2.24) is 24.9 Å². The lowest BCUT2D eigenvalue weighted by Gasteiger charge is -2.11. The predicted octanol–water partition coefficient (Wildman–Crippen LogP) is 2.66. The molecular formula is C17H18FN7O. The molecule has 1 atom stereocenters. The fourth-order valence-corrected chi connectivity index (χ4v) is 2.06. The van der Waals surface area contributed by atoms with E-state index in [1.54, 1.807) is 31.5 Å². The van der Waals surface area contributed by atoms with E-state index in [0.717, 1.165) is 0 Å². The fraction of sp³-hybridized carbons (Fsp3) is 0.235. The standard InChI is InChI=1S/C17H18FN7O/c1-11(26-2)9-20-16-19-7-6-14(24-16)15-21-10-22-17(25-15)23-13-5-3-4-12(18)8-13/h3-8,10-11H,9H2,1-2H3,(H,19,20,24)(H,21,22,23,25). The Morgan fingerprint density at radius 3 is 2.81 bits per heavy atom. The number of halogens is 1. The number of rotatable bonds is 7. The van der Waals surface area contributed by atoms with Crippen LogP contribution in [0.3, 0.4) is 0 Å². The van der Waals surface area contributed by atoms with Crippen LogP contribution in [0.4, 0.5) is 22.0 Å². The fourth-order valence-electron chi connectivity index (χ4n) is 2.06. The maximum Gasteiger partial charge on any atom is 0.230 e. The van der Waals surface area contributed by atoms with E-state index >= 15 is 0 Å². The number of nitrogens with zero attached hydrogens (tertiary/aromatic N) is 5. The molecule has 0 aliphatic carbocycles. The van der Waals surface area contributed by atoms with Crippen molar-refractivity contribution in [1.29, 1.82) is 0 Å². The van der Waals surface area contributed by atoms with Crippen LogP contribution in [0.15, 0.2) is 42.9 Å². The number of hydrogen-bond donors (Lipinski definition) is 2. The second-order valence-corrected chi connectivity index (χ2v) is 5.46. The smallest absolute Gasteiger partial charge is 0.230 e. The average Bonchev–Trinajstić information content (AvgIpc) is 2.66. The minimum absolute atomic E-state index is 0.0292. The highest BCUT2D eigenvalue weighted by Gasteiger charge is 2.08. The van der Waals surface area contributed by atoms with Crippen LogP contribution in [0, 0.1) is 5.82 Å². The third-order valence-corrected chi connectivity index (χ3v) is 3.49. The molecule has 0 saturated heterocycles. The van der Waals surface area contributed by atoms with E-state index in [1.165, 1.54) is 18.5 Å². The molecule has 26 heavy (non-hydrogen) atoms. The Morgan fingerprint density at radius 1 is 1.12 bits per heavy atom. The molecule has 1 unspecified atom stereocenters. The summed E-state index contributed by atoms with van der Waals surface area (Å²) in [4.78, 5) is 21.1. The first-order valence-corrected chi connectivity index (χ1v) is 7.96. The van der Waals surface area contributed by atoms with Crippen LogP contribution in [0.25, 0.3) is 11.5 Å². The molecule has 3 rings (SSSR count). The van der Waals surface area contributed by atoms with E-state index in [2.05, 4.69) is 35.6 Å². The van der Waals surface area contributed by atoms with Crippen LogP contribution in [0.5, 0.6) is 0 Å². The Kier molecular flexibility index (Phi) is 5.59. The third kappa shape index (κ3) is 4.67. The van der Waals surface area contributed by atoms with Crippen molar-refractivity contribution in [3.63, 3.8) is 0 Å². The lowest BCUT2D eigenvalue weighted by molar-refractivity contribution is 0.128. The summed E-state index contributed by atoms with van der Waals surface area (Å²) in [7, 11) is 1.64. The molecule has 0 saturated carbocycles. The molecule has 0 amide bonds. The first-order valence-electron chi connectivity index (χ1n) is 7.96. The Hall–Kier alpha value is -3.20. The Bertz CT molecular complexity index is 877. The molecule has 0 fully saturated rings. The summed E-state index contributed by atoms with van der Waals surface area (Å²) in [5.41, 5.74) is 1.08. The molecule has 9 heteroatoms. The largest absolute Gasteiger partial charge is 0.380 e. The summed E-state index contributed by atoms with van der Waals surface area (Å²) < 4.78 is 18.5. The molecular weight excluding hydrogens is 337 g/mol. The van der Waals surface area contributed by atoms with E-state index in [0.29, 0.717) is 35.6 Å². The van der Waals surface area contributed by atoms with Crippen LogP contribution in [-0.4, -0.2) is 44.7 Å². The van der Waals surface area contributed by atoms with Gasteiger partial charge in [-0.2, -0.15) is 4.98 Å².